The van der Waals surface area contributed by atoms with Gasteiger partial charge in [0.1, 0.15) is 5.82 Å². The van der Waals surface area contributed by atoms with Gasteiger partial charge in [0.25, 0.3) is 0 Å². The number of H-pyrrole nitrogens is 1. The summed E-state index contributed by atoms with van der Waals surface area (Å²) in [5.41, 5.74) is 1.10. The van der Waals surface area contributed by atoms with Crippen LogP contribution >= 0.6 is 11.6 Å². The highest BCUT2D eigenvalue weighted by Gasteiger charge is 2.31. The summed E-state index contributed by atoms with van der Waals surface area (Å²) < 4.78 is 39.4. The molecule has 0 fully saturated rings. The van der Waals surface area contributed by atoms with E-state index in [1.54, 1.807) is 18.5 Å². The molecule has 31 heavy (non-hydrogen) atoms. The van der Waals surface area contributed by atoms with Crippen LogP contribution in [-0.2, 0) is 19.0 Å². The lowest BCUT2D eigenvalue weighted by molar-refractivity contribution is -0.137. The molecule has 0 aliphatic heterocycles. The lowest BCUT2D eigenvalue weighted by Crippen LogP contribution is -2.06. The second-order valence-corrected chi connectivity index (χ2v) is 7.53. The Morgan fingerprint density at radius 3 is 2.52 bits per heavy atom. The van der Waals surface area contributed by atoms with Crippen molar-refractivity contribution in [1.82, 2.24) is 9.97 Å². The molecule has 0 radical (unpaired) electrons. The fraction of sp³-hybridized carbons (Fsp3) is 0.130. The molecule has 0 atom stereocenters. The Bertz CT molecular complexity index is 1300. The van der Waals surface area contributed by atoms with E-state index in [0.29, 0.717) is 18.7 Å². The Hall–Kier alpha value is -3.32. The Morgan fingerprint density at radius 2 is 1.77 bits per heavy atom. The van der Waals surface area contributed by atoms with E-state index in [0.717, 1.165) is 34.0 Å². The van der Waals surface area contributed by atoms with Crippen molar-refractivity contribution in [3.8, 4) is 0 Å². The number of aromatic nitrogens is 2. The molecule has 0 saturated carbocycles. The molecule has 4 rings (SSSR count). The largest absolute Gasteiger partial charge is 0.416 e. The molecule has 8 heteroatoms. The van der Waals surface area contributed by atoms with Gasteiger partial charge in [0.2, 0.25) is 5.56 Å². The number of hydrogen-bond donors (Lipinski definition) is 2. The molecule has 0 saturated heterocycles. The van der Waals surface area contributed by atoms with Crippen LogP contribution in [0.25, 0.3) is 10.8 Å². The molecule has 0 spiro atoms. The molecule has 4 aromatic rings. The fourth-order valence-corrected chi connectivity index (χ4v) is 3.67. The minimum Gasteiger partial charge on any atom is -0.340 e. The minimum absolute atomic E-state index is 0.0175. The summed E-state index contributed by atoms with van der Waals surface area (Å²) >= 11 is 5.89. The van der Waals surface area contributed by atoms with Gasteiger partial charge in [0.05, 0.1) is 5.56 Å². The maximum Gasteiger partial charge on any atom is 0.416 e. The molecule has 0 aliphatic carbocycles. The summed E-state index contributed by atoms with van der Waals surface area (Å²) in [4.78, 5) is 18.5. The van der Waals surface area contributed by atoms with E-state index in [9.17, 15) is 18.0 Å². The lowest BCUT2D eigenvalue weighted by atomic mass is 10.0. The fourth-order valence-electron chi connectivity index (χ4n) is 3.44. The first-order chi connectivity index (χ1) is 14.8. The SMILES string of the molecule is O=c1cc(CCc2cnc(Nc3cc(Cl)cc(C(F)(F)F)c3)c3ccccc23)cc[nH]1. The summed E-state index contributed by atoms with van der Waals surface area (Å²) in [6.45, 7) is 0. The van der Waals surface area contributed by atoms with Crippen LogP contribution in [0.5, 0.6) is 0 Å². The first kappa shape index (κ1) is 20.9. The highest BCUT2D eigenvalue weighted by Crippen LogP contribution is 2.35. The molecule has 2 aromatic heterocycles. The summed E-state index contributed by atoms with van der Waals surface area (Å²) in [5, 5.41) is 4.66. The van der Waals surface area contributed by atoms with Crippen LogP contribution in [0.1, 0.15) is 16.7 Å². The number of fused-ring (bicyclic) bond motifs is 1. The van der Waals surface area contributed by atoms with Gasteiger partial charge in [-0.25, -0.2) is 4.98 Å². The van der Waals surface area contributed by atoms with Crippen LogP contribution in [0.2, 0.25) is 5.02 Å². The van der Waals surface area contributed by atoms with Crippen molar-refractivity contribution in [1.29, 1.82) is 0 Å². The highest BCUT2D eigenvalue weighted by molar-refractivity contribution is 6.31. The van der Waals surface area contributed by atoms with Gasteiger partial charge >= 0.3 is 6.18 Å². The van der Waals surface area contributed by atoms with E-state index in [1.165, 1.54) is 6.07 Å². The molecule has 2 heterocycles. The number of alkyl halides is 3. The second kappa shape index (κ2) is 8.43. The van der Waals surface area contributed by atoms with Gasteiger partial charge in [-0.3, -0.25) is 4.79 Å². The van der Waals surface area contributed by atoms with Crippen LogP contribution in [0, 0.1) is 0 Å². The van der Waals surface area contributed by atoms with E-state index in [2.05, 4.69) is 15.3 Å². The van der Waals surface area contributed by atoms with E-state index in [-0.39, 0.29) is 16.3 Å². The average Bonchev–Trinajstić information content (AvgIpc) is 2.72. The molecule has 0 unspecified atom stereocenters. The zero-order valence-electron chi connectivity index (χ0n) is 16.1. The van der Waals surface area contributed by atoms with Gasteiger partial charge in [-0.15, -0.1) is 0 Å². The topological polar surface area (TPSA) is 57.8 Å². The Morgan fingerprint density at radius 1 is 1.00 bits per heavy atom. The quantitative estimate of drug-likeness (QED) is 0.390. The van der Waals surface area contributed by atoms with Crippen molar-refractivity contribution < 1.29 is 13.2 Å². The van der Waals surface area contributed by atoms with Crippen LogP contribution in [0.15, 0.2) is 71.8 Å². The van der Waals surface area contributed by atoms with Crippen LogP contribution in [-0.4, -0.2) is 9.97 Å². The normalized spacial score (nSPS) is 11.6. The van der Waals surface area contributed by atoms with Crippen LogP contribution in [0.3, 0.4) is 0 Å². The van der Waals surface area contributed by atoms with Crippen LogP contribution in [0.4, 0.5) is 24.7 Å². The monoisotopic (exact) mass is 443 g/mol. The third-order valence-corrected chi connectivity index (χ3v) is 5.11. The average molecular weight is 444 g/mol. The number of benzene rings is 2. The predicted molar refractivity (Wildman–Crippen MR) is 116 cm³/mol. The molecular weight excluding hydrogens is 427 g/mol. The molecular formula is C23H17ClF3N3O. The number of hydrogen-bond acceptors (Lipinski definition) is 3. The minimum atomic E-state index is -4.50. The Kier molecular flexibility index (Phi) is 5.69. The van der Waals surface area contributed by atoms with Gasteiger partial charge in [-0.1, -0.05) is 35.9 Å². The molecule has 2 aromatic carbocycles. The van der Waals surface area contributed by atoms with Crippen molar-refractivity contribution in [2.24, 2.45) is 0 Å². The lowest BCUT2D eigenvalue weighted by Gasteiger charge is -2.14. The van der Waals surface area contributed by atoms with Crippen molar-refractivity contribution in [2.45, 2.75) is 19.0 Å². The third kappa shape index (κ3) is 4.88. The van der Waals surface area contributed by atoms with Gasteiger partial charge < -0.3 is 10.3 Å². The number of anilines is 2. The summed E-state index contributed by atoms with van der Waals surface area (Å²) in [6, 6.07) is 14.3. The first-order valence-electron chi connectivity index (χ1n) is 9.49. The molecule has 4 nitrogen and oxygen atoms in total. The zero-order chi connectivity index (χ0) is 22.0. The molecule has 2 N–H and O–H groups in total. The Balaban J connectivity index is 1.66. The van der Waals surface area contributed by atoms with Gasteiger partial charge in [-0.2, -0.15) is 13.2 Å². The van der Waals surface area contributed by atoms with Gasteiger partial charge in [0, 0.05) is 34.6 Å². The van der Waals surface area contributed by atoms with Crippen molar-refractivity contribution >= 4 is 33.9 Å². The summed E-state index contributed by atoms with van der Waals surface area (Å²) in [6.07, 6.45) is 0.131. The van der Waals surface area contributed by atoms with Crippen LogP contribution < -0.4 is 10.9 Å². The van der Waals surface area contributed by atoms with Crippen molar-refractivity contribution in [2.75, 3.05) is 5.32 Å². The number of rotatable bonds is 5. The maximum atomic E-state index is 13.1. The first-order valence-corrected chi connectivity index (χ1v) is 9.86. The molecule has 0 amide bonds. The van der Waals surface area contributed by atoms with Gasteiger partial charge in [-0.05, 0) is 53.6 Å². The highest BCUT2D eigenvalue weighted by atomic mass is 35.5. The zero-order valence-corrected chi connectivity index (χ0v) is 16.9. The number of aromatic amines is 1. The van der Waals surface area contributed by atoms with E-state index in [4.69, 9.17) is 11.6 Å². The number of nitrogens with zero attached hydrogens (tertiary/aromatic N) is 1. The van der Waals surface area contributed by atoms with Crippen molar-refractivity contribution in [3.63, 3.8) is 0 Å². The molecule has 0 aliphatic rings. The van der Waals surface area contributed by atoms with Crippen molar-refractivity contribution in [3.05, 3.63) is 99.1 Å². The predicted octanol–water partition coefficient (Wildman–Crippen LogP) is 6.12. The number of pyridine rings is 2. The van der Waals surface area contributed by atoms with Gasteiger partial charge in [0.15, 0.2) is 0 Å². The second-order valence-electron chi connectivity index (χ2n) is 7.09. The standard InChI is InChI=1S/C23H17ClF3N3O/c24-17-10-16(23(25,26)27)11-18(12-17)30-22-20-4-2-1-3-19(20)15(13-29-22)6-5-14-7-8-28-21(31)9-14/h1-4,7-13H,5-6H2,(H,28,31)(H,29,30). The van der Waals surface area contributed by atoms with E-state index < -0.39 is 11.7 Å². The van der Waals surface area contributed by atoms with E-state index in [1.807, 2.05) is 30.3 Å². The summed E-state index contributed by atoms with van der Waals surface area (Å²) in [5.74, 6) is 0.436. The van der Waals surface area contributed by atoms with E-state index >= 15 is 0 Å². The third-order valence-electron chi connectivity index (χ3n) is 4.89. The summed E-state index contributed by atoms with van der Waals surface area (Å²) in [7, 11) is 0. The molecule has 0 bridgehead atoms. The Labute approximate surface area is 180 Å². The number of aryl methyl sites for hydroxylation is 2. The smallest absolute Gasteiger partial charge is 0.340 e. The molecule has 158 valence electrons. The number of nitrogens with one attached hydrogen (secondary N) is 2. The maximum absolute atomic E-state index is 13.1. The number of halogens is 4.